The fourth-order valence-electron chi connectivity index (χ4n) is 2.96. The molecule has 4 rings (SSSR count). The molecular formula is C23H18Br2N4O2S. The summed E-state index contributed by atoms with van der Waals surface area (Å²) in [6, 6.07) is 21.4. The number of nitrogens with zero attached hydrogens (tertiary/aromatic N) is 3. The molecule has 0 radical (unpaired) electrons. The summed E-state index contributed by atoms with van der Waals surface area (Å²) in [5.74, 6) is 1.86. The maximum atomic E-state index is 5.98. The number of aromatic nitrogens is 3. The lowest BCUT2D eigenvalue weighted by Gasteiger charge is -2.13. The van der Waals surface area contributed by atoms with Gasteiger partial charge in [-0.15, -0.1) is 0 Å². The third-order valence-corrected chi connectivity index (χ3v) is 6.06. The molecule has 1 N–H and O–H groups in total. The van der Waals surface area contributed by atoms with Crippen molar-refractivity contribution >= 4 is 50.3 Å². The number of ether oxygens (including phenoxy) is 2. The van der Waals surface area contributed by atoms with Crippen molar-refractivity contribution in [2.45, 2.75) is 6.61 Å². The minimum absolute atomic E-state index is 0.401. The largest absolute Gasteiger partial charge is 0.493 e. The lowest BCUT2D eigenvalue weighted by molar-refractivity contribution is 0.284. The molecule has 0 bridgehead atoms. The number of hydrogen-bond acceptors (Lipinski definition) is 5. The van der Waals surface area contributed by atoms with Crippen LogP contribution in [0.1, 0.15) is 11.1 Å². The molecule has 4 aromatic rings. The molecule has 0 aliphatic carbocycles. The lowest BCUT2D eigenvalue weighted by Crippen LogP contribution is -2.00. The van der Waals surface area contributed by atoms with Gasteiger partial charge in [-0.2, -0.15) is 14.9 Å². The molecular weight excluding hydrogens is 556 g/mol. The molecule has 0 aliphatic heterocycles. The van der Waals surface area contributed by atoms with E-state index in [0.29, 0.717) is 28.7 Å². The second-order valence-corrected chi connectivity index (χ2v) is 8.87. The van der Waals surface area contributed by atoms with Gasteiger partial charge in [0.25, 0.3) is 0 Å². The fraction of sp³-hybridized carbons (Fsp3) is 0.0870. The second kappa shape index (κ2) is 10.2. The van der Waals surface area contributed by atoms with Gasteiger partial charge in [0.1, 0.15) is 6.61 Å². The summed E-state index contributed by atoms with van der Waals surface area (Å²) in [5, 5.41) is 11.6. The van der Waals surface area contributed by atoms with Gasteiger partial charge < -0.3 is 9.47 Å². The molecule has 1 heterocycles. The van der Waals surface area contributed by atoms with Gasteiger partial charge in [-0.3, -0.25) is 0 Å². The molecule has 0 amide bonds. The van der Waals surface area contributed by atoms with Gasteiger partial charge in [-0.25, -0.2) is 5.10 Å². The van der Waals surface area contributed by atoms with Gasteiger partial charge in [-0.1, -0.05) is 58.4 Å². The van der Waals surface area contributed by atoms with Crippen LogP contribution in [0, 0.1) is 4.77 Å². The van der Waals surface area contributed by atoms with Crippen molar-refractivity contribution in [2.24, 2.45) is 5.10 Å². The summed E-state index contributed by atoms with van der Waals surface area (Å²) in [5.41, 5.74) is 2.77. The van der Waals surface area contributed by atoms with E-state index in [1.807, 2.05) is 66.7 Å². The first-order valence-electron chi connectivity index (χ1n) is 9.57. The van der Waals surface area contributed by atoms with E-state index in [1.54, 1.807) is 18.0 Å². The minimum atomic E-state index is 0.401. The summed E-state index contributed by atoms with van der Waals surface area (Å²) in [4.78, 5) is 0. The molecule has 0 saturated carbocycles. The Kier molecular flexibility index (Phi) is 7.19. The number of halogens is 2. The van der Waals surface area contributed by atoms with Crippen molar-refractivity contribution in [1.82, 2.24) is 14.9 Å². The van der Waals surface area contributed by atoms with E-state index >= 15 is 0 Å². The van der Waals surface area contributed by atoms with Crippen molar-refractivity contribution in [3.05, 3.63) is 91.6 Å². The Bertz CT molecular complexity index is 1300. The quantitative estimate of drug-likeness (QED) is 0.200. The predicted octanol–water partition coefficient (Wildman–Crippen LogP) is 6.60. The zero-order chi connectivity index (χ0) is 22.5. The van der Waals surface area contributed by atoms with E-state index < -0.39 is 0 Å². The highest BCUT2D eigenvalue weighted by atomic mass is 79.9. The average molecular weight is 574 g/mol. The van der Waals surface area contributed by atoms with E-state index in [2.05, 4.69) is 47.2 Å². The first kappa shape index (κ1) is 22.4. The molecule has 1 aromatic heterocycles. The van der Waals surface area contributed by atoms with E-state index in [0.717, 1.165) is 25.6 Å². The molecule has 32 heavy (non-hydrogen) atoms. The van der Waals surface area contributed by atoms with E-state index in [1.165, 1.54) is 0 Å². The van der Waals surface area contributed by atoms with Crippen LogP contribution in [0.4, 0.5) is 0 Å². The molecule has 9 heteroatoms. The average Bonchev–Trinajstić information content (AvgIpc) is 3.18. The van der Waals surface area contributed by atoms with Crippen molar-refractivity contribution < 1.29 is 9.47 Å². The zero-order valence-electron chi connectivity index (χ0n) is 17.0. The van der Waals surface area contributed by atoms with Gasteiger partial charge in [0, 0.05) is 20.1 Å². The number of hydrogen-bond donors (Lipinski definition) is 1. The van der Waals surface area contributed by atoms with Gasteiger partial charge in [0.2, 0.25) is 4.77 Å². The summed E-state index contributed by atoms with van der Waals surface area (Å²) < 4.78 is 15.3. The Hall–Kier alpha value is -2.75. The number of methoxy groups -OCH3 is 1. The molecule has 6 nitrogen and oxygen atoms in total. The van der Waals surface area contributed by atoms with Gasteiger partial charge in [0.05, 0.1) is 13.3 Å². The van der Waals surface area contributed by atoms with Crippen molar-refractivity contribution in [3.63, 3.8) is 0 Å². The molecule has 0 fully saturated rings. The van der Waals surface area contributed by atoms with Crippen LogP contribution < -0.4 is 9.47 Å². The Morgan fingerprint density at radius 2 is 1.81 bits per heavy atom. The molecule has 0 aliphatic rings. The van der Waals surface area contributed by atoms with Crippen LogP contribution in [0.15, 0.2) is 80.8 Å². The van der Waals surface area contributed by atoms with Crippen LogP contribution >= 0.6 is 44.1 Å². The predicted molar refractivity (Wildman–Crippen MR) is 135 cm³/mol. The first-order chi connectivity index (χ1) is 15.5. The monoisotopic (exact) mass is 572 g/mol. The van der Waals surface area contributed by atoms with E-state index in [4.69, 9.17) is 21.7 Å². The molecule has 0 saturated heterocycles. The summed E-state index contributed by atoms with van der Waals surface area (Å²) in [6.45, 7) is 0.425. The van der Waals surface area contributed by atoms with Crippen LogP contribution in [-0.4, -0.2) is 28.2 Å². The highest BCUT2D eigenvalue weighted by molar-refractivity contribution is 9.10. The maximum Gasteiger partial charge on any atom is 0.216 e. The zero-order valence-corrected chi connectivity index (χ0v) is 20.9. The van der Waals surface area contributed by atoms with Crippen LogP contribution in [0.3, 0.4) is 0 Å². The molecule has 162 valence electrons. The molecule has 3 aromatic carbocycles. The number of nitrogens with one attached hydrogen (secondary N) is 1. The third kappa shape index (κ3) is 5.17. The van der Waals surface area contributed by atoms with Crippen molar-refractivity contribution in [2.75, 3.05) is 7.11 Å². The van der Waals surface area contributed by atoms with Crippen molar-refractivity contribution in [1.29, 1.82) is 0 Å². The Morgan fingerprint density at radius 3 is 2.53 bits per heavy atom. The van der Waals surface area contributed by atoms with Crippen LogP contribution in [0.25, 0.3) is 11.4 Å². The van der Waals surface area contributed by atoms with Crippen LogP contribution in [-0.2, 0) is 6.61 Å². The second-order valence-electron chi connectivity index (χ2n) is 6.71. The molecule has 0 unspecified atom stereocenters. The Labute approximate surface area is 207 Å². The SMILES string of the molecule is COc1cc(/C=N\n2c(-c3ccccc3)n[nH]c2=S)c(Br)cc1OCc1ccc(Br)cc1. The van der Waals surface area contributed by atoms with Gasteiger partial charge in [0.15, 0.2) is 17.3 Å². The lowest BCUT2D eigenvalue weighted by atomic mass is 10.2. The van der Waals surface area contributed by atoms with E-state index in [9.17, 15) is 0 Å². The number of rotatable bonds is 7. The minimum Gasteiger partial charge on any atom is -0.493 e. The highest BCUT2D eigenvalue weighted by Gasteiger charge is 2.11. The normalized spacial score (nSPS) is 11.1. The van der Waals surface area contributed by atoms with Crippen molar-refractivity contribution in [3.8, 4) is 22.9 Å². The number of benzene rings is 3. The highest BCUT2D eigenvalue weighted by Crippen LogP contribution is 2.33. The Balaban J connectivity index is 1.59. The summed E-state index contributed by atoms with van der Waals surface area (Å²) in [6.07, 6.45) is 1.70. The Morgan fingerprint density at radius 1 is 1.06 bits per heavy atom. The maximum absolute atomic E-state index is 5.98. The molecule has 0 atom stereocenters. The van der Waals surface area contributed by atoms with Crippen LogP contribution in [0.2, 0.25) is 0 Å². The van der Waals surface area contributed by atoms with E-state index in [-0.39, 0.29) is 0 Å². The third-order valence-electron chi connectivity index (χ3n) is 4.59. The molecule has 0 spiro atoms. The van der Waals surface area contributed by atoms with Gasteiger partial charge in [-0.05, 0) is 58.0 Å². The fourth-order valence-corrected chi connectivity index (χ4v) is 3.82. The standard InChI is InChI=1S/C23H18Br2N4O2S/c1-30-20-11-17(19(25)12-21(20)31-14-15-7-9-18(24)10-8-15)13-26-29-22(27-28-23(29)32)16-5-3-2-4-6-16/h2-13H,14H2,1H3,(H,28,32)/b26-13-. The smallest absolute Gasteiger partial charge is 0.216 e. The summed E-state index contributed by atoms with van der Waals surface area (Å²) in [7, 11) is 1.61. The topological polar surface area (TPSA) is 64.4 Å². The van der Waals surface area contributed by atoms with Crippen LogP contribution in [0.5, 0.6) is 11.5 Å². The number of aromatic amines is 1. The summed E-state index contributed by atoms with van der Waals surface area (Å²) >= 11 is 12.4. The first-order valence-corrected chi connectivity index (χ1v) is 11.6. The number of H-pyrrole nitrogens is 1. The van der Waals surface area contributed by atoms with Gasteiger partial charge >= 0.3 is 0 Å².